The number of benzene rings is 1. The third-order valence-corrected chi connectivity index (χ3v) is 3.04. The number of H-pyrrole nitrogens is 1. The van der Waals surface area contributed by atoms with Crippen molar-refractivity contribution in [3.8, 4) is 11.5 Å². The molecule has 0 bridgehead atoms. The van der Waals surface area contributed by atoms with Gasteiger partial charge in [0.1, 0.15) is 5.69 Å². The number of amides is 1. The third kappa shape index (κ3) is 3.79. The monoisotopic (exact) mass is 321 g/mol. The van der Waals surface area contributed by atoms with E-state index in [-0.39, 0.29) is 5.91 Å². The maximum absolute atomic E-state index is 11.7. The minimum atomic E-state index is -0.328. The van der Waals surface area contributed by atoms with Gasteiger partial charge in [0.05, 0.1) is 25.0 Å². The fourth-order valence-corrected chi connectivity index (χ4v) is 2.07. The van der Waals surface area contributed by atoms with Crippen LogP contribution in [0.3, 0.4) is 0 Å². The van der Waals surface area contributed by atoms with E-state index in [1.165, 1.54) is 13.3 Å². The molecule has 0 radical (unpaired) electrons. The number of hydrogen-bond acceptors (Lipinski definition) is 4. The van der Waals surface area contributed by atoms with Crippen LogP contribution in [-0.2, 0) is 0 Å². The first-order valence-corrected chi connectivity index (χ1v) is 7.00. The summed E-state index contributed by atoms with van der Waals surface area (Å²) in [6.07, 6.45) is 3.14. The van der Waals surface area contributed by atoms with E-state index in [1.54, 1.807) is 30.5 Å². The molecule has 22 heavy (non-hydrogen) atoms. The van der Waals surface area contributed by atoms with Crippen molar-refractivity contribution < 1.29 is 14.3 Å². The number of rotatable bonds is 6. The van der Waals surface area contributed by atoms with Crippen LogP contribution < -0.4 is 14.9 Å². The Balaban J connectivity index is 2.11. The Morgan fingerprint density at radius 2 is 2.32 bits per heavy atom. The van der Waals surface area contributed by atoms with E-state index in [0.29, 0.717) is 34.4 Å². The minimum absolute atomic E-state index is 0.328. The summed E-state index contributed by atoms with van der Waals surface area (Å²) in [6.45, 7) is 2.34. The molecule has 1 amide bonds. The van der Waals surface area contributed by atoms with Gasteiger partial charge in [-0.15, -0.1) is 0 Å². The summed E-state index contributed by atoms with van der Waals surface area (Å²) in [5.74, 6) is 0.663. The van der Waals surface area contributed by atoms with Crippen LogP contribution >= 0.6 is 11.6 Å². The molecule has 2 rings (SSSR count). The van der Waals surface area contributed by atoms with Crippen molar-refractivity contribution in [1.29, 1.82) is 0 Å². The Hall–Kier alpha value is -2.47. The second kappa shape index (κ2) is 7.51. The normalized spacial score (nSPS) is 10.7. The molecule has 0 saturated heterocycles. The molecule has 1 heterocycles. The zero-order valence-corrected chi connectivity index (χ0v) is 13.0. The van der Waals surface area contributed by atoms with Crippen molar-refractivity contribution in [3.05, 3.63) is 46.7 Å². The second-order valence-corrected chi connectivity index (χ2v) is 4.66. The van der Waals surface area contributed by atoms with E-state index in [2.05, 4.69) is 15.5 Å². The Bertz CT molecular complexity index is 669. The van der Waals surface area contributed by atoms with Crippen molar-refractivity contribution >= 4 is 23.7 Å². The molecular formula is C15H16ClN3O3. The standard InChI is InChI=1S/C15H16ClN3O3/c1-3-22-14-11(16)7-10(8-13(14)21-2)9-18-19-15(20)12-5-4-6-17-12/h4-9,17H,3H2,1-2H3,(H,19,20)/b18-9-. The SMILES string of the molecule is CCOc1c(Cl)cc(/C=N\NC(=O)c2ccc[nH]2)cc1OC. The summed E-state index contributed by atoms with van der Waals surface area (Å²) < 4.78 is 10.7. The molecule has 7 heteroatoms. The van der Waals surface area contributed by atoms with Crippen LogP contribution in [0.15, 0.2) is 35.6 Å². The number of carbonyl (C=O) groups excluding carboxylic acids is 1. The molecule has 0 saturated carbocycles. The molecule has 0 atom stereocenters. The lowest BCUT2D eigenvalue weighted by Crippen LogP contribution is -2.17. The van der Waals surface area contributed by atoms with Gasteiger partial charge in [-0.1, -0.05) is 11.6 Å². The fourth-order valence-electron chi connectivity index (χ4n) is 1.80. The molecule has 6 nitrogen and oxygen atoms in total. The van der Waals surface area contributed by atoms with Crippen molar-refractivity contribution in [2.45, 2.75) is 6.92 Å². The van der Waals surface area contributed by atoms with Gasteiger partial charge in [0.2, 0.25) is 0 Å². The first-order chi connectivity index (χ1) is 10.7. The van der Waals surface area contributed by atoms with E-state index >= 15 is 0 Å². The van der Waals surface area contributed by atoms with Crippen LogP contribution in [0.4, 0.5) is 0 Å². The fraction of sp³-hybridized carbons (Fsp3) is 0.200. The zero-order valence-electron chi connectivity index (χ0n) is 12.2. The van der Waals surface area contributed by atoms with E-state index in [9.17, 15) is 4.79 Å². The summed E-state index contributed by atoms with van der Waals surface area (Å²) >= 11 is 6.16. The molecule has 0 spiro atoms. The molecule has 0 unspecified atom stereocenters. The summed E-state index contributed by atoms with van der Waals surface area (Å²) in [7, 11) is 1.53. The van der Waals surface area contributed by atoms with E-state index in [0.717, 1.165) is 0 Å². The molecular weight excluding hydrogens is 306 g/mol. The molecule has 2 N–H and O–H groups in total. The average molecular weight is 322 g/mol. The molecule has 0 aliphatic carbocycles. The Morgan fingerprint density at radius 3 is 2.95 bits per heavy atom. The number of aromatic amines is 1. The summed E-state index contributed by atoms with van der Waals surface area (Å²) in [5.41, 5.74) is 3.52. The number of hydrogen-bond donors (Lipinski definition) is 2. The van der Waals surface area contributed by atoms with Gasteiger partial charge < -0.3 is 14.5 Å². The molecule has 116 valence electrons. The van der Waals surface area contributed by atoms with Crippen LogP contribution in [0.1, 0.15) is 23.0 Å². The number of halogens is 1. The van der Waals surface area contributed by atoms with E-state index in [1.807, 2.05) is 6.92 Å². The number of aromatic nitrogens is 1. The highest BCUT2D eigenvalue weighted by atomic mass is 35.5. The predicted molar refractivity (Wildman–Crippen MR) is 85.0 cm³/mol. The summed E-state index contributed by atoms with van der Waals surface area (Å²) in [5, 5.41) is 4.31. The molecule has 0 aliphatic rings. The number of methoxy groups -OCH3 is 1. The average Bonchev–Trinajstić information content (AvgIpc) is 3.04. The highest BCUT2D eigenvalue weighted by Gasteiger charge is 2.11. The first kappa shape index (κ1) is 15.9. The lowest BCUT2D eigenvalue weighted by molar-refractivity contribution is 0.0951. The van der Waals surface area contributed by atoms with Crippen molar-refractivity contribution in [3.63, 3.8) is 0 Å². The van der Waals surface area contributed by atoms with Gasteiger partial charge in [-0.05, 0) is 36.8 Å². The predicted octanol–water partition coefficient (Wildman–Crippen LogP) is 2.84. The zero-order chi connectivity index (χ0) is 15.9. The third-order valence-electron chi connectivity index (χ3n) is 2.76. The maximum Gasteiger partial charge on any atom is 0.287 e. The molecule has 1 aromatic carbocycles. The summed E-state index contributed by atoms with van der Waals surface area (Å²) in [6, 6.07) is 6.79. The first-order valence-electron chi connectivity index (χ1n) is 6.62. The Morgan fingerprint density at radius 1 is 1.50 bits per heavy atom. The largest absolute Gasteiger partial charge is 0.493 e. The Kier molecular flexibility index (Phi) is 5.43. The lowest BCUT2D eigenvalue weighted by Gasteiger charge is -2.11. The van der Waals surface area contributed by atoms with Crippen molar-refractivity contribution in [2.75, 3.05) is 13.7 Å². The van der Waals surface area contributed by atoms with Crippen LogP contribution in [0, 0.1) is 0 Å². The van der Waals surface area contributed by atoms with Crippen LogP contribution in [0.2, 0.25) is 5.02 Å². The van der Waals surface area contributed by atoms with Crippen molar-refractivity contribution in [1.82, 2.24) is 10.4 Å². The minimum Gasteiger partial charge on any atom is -0.493 e. The van der Waals surface area contributed by atoms with Gasteiger partial charge in [-0.3, -0.25) is 4.79 Å². The van der Waals surface area contributed by atoms with E-state index in [4.69, 9.17) is 21.1 Å². The summed E-state index contributed by atoms with van der Waals surface area (Å²) in [4.78, 5) is 14.5. The smallest absolute Gasteiger partial charge is 0.287 e. The number of carbonyl (C=O) groups is 1. The molecule has 0 aliphatic heterocycles. The van der Waals surface area contributed by atoms with E-state index < -0.39 is 0 Å². The van der Waals surface area contributed by atoms with Crippen molar-refractivity contribution in [2.24, 2.45) is 5.10 Å². The van der Waals surface area contributed by atoms with Gasteiger partial charge in [0.25, 0.3) is 5.91 Å². The maximum atomic E-state index is 11.7. The van der Waals surface area contributed by atoms with Gasteiger partial charge in [-0.2, -0.15) is 5.10 Å². The number of ether oxygens (including phenoxy) is 2. The number of nitrogens with zero attached hydrogens (tertiary/aromatic N) is 1. The second-order valence-electron chi connectivity index (χ2n) is 4.25. The van der Waals surface area contributed by atoms with Crippen LogP contribution in [0.25, 0.3) is 0 Å². The topological polar surface area (TPSA) is 75.7 Å². The Labute approximate surface area is 133 Å². The van der Waals surface area contributed by atoms with Gasteiger partial charge in [-0.25, -0.2) is 5.43 Å². The van der Waals surface area contributed by atoms with Gasteiger partial charge in [0.15, 0.2) is 11.5 Å². The van der Waals surface area contributed by atoms with Crippen LogP contribution in [-0.4, -0.2) is 30.8 Å². The van der Waals surface area contributed by atoms with Gasteiger partial charge in [0, 0.05) is 6.20 Å². The lowest BCUT2D eigenvalue weighted by atomic mass is 10.2. The number of nitrogens with one attached hydrogen (secondary N) is 2. The molecule has 2 aromatic rings. The number of hydrazone groups is 1. The van der Waals surface area contributed by atoms with Gasteiger partial charge >= 0.3 is 0 Å². The molecule has 1 aromatic heterocycles. The van der Waals surface area contributed by atoms with Crippen LogP contribution in [0.5, 0.6) is 11.5 Å². The highest BCUT2D eigenvalue weighted by molar-refractivity contribution is 6.32. The highest BCUT2D eigenvalue weighted by Crippen LogP contribution is 2.35. The molecule has 0 fully saturated rings. The quantitative estimate of drug-likeness (QED) is 0.634.